The molecule has 5 heteroatoms. The Kier molecular flexibility index (Phi) is 8.90. The van der Waals surface area contributed by atoms with Crippen LogP contribution in [0.4, 0.5) is 0 Å². The van der Waals surface area contributed by atoms with Crippen LogP contribution in [-0.4, -0.2) is 35.9 Å². The summed E-state index contributed by atoms with van der Waals surface area (Å²) in [5.74, 6) is 0.549. The van der Waals surface area contributed by atoms with Crippen LogP contribution in [0.3, 0.4) is 0 Å². The predicted molar refractivity (Wildman–Crippen MR) is 120 cm³/mol. The highest BCUT2D eigenvalue weighted by molar-refractivity contribution is 5.87. The van der Waals surface area contributed by atoms with Crippen molar-refractivity contribution in [3.05, 3.63) is 65.2 Å². The van der Waals surface area contributed by atoms with E-state index in [4.69, 9.17) is 4.74 Å². The van der Waals surface area contributed by atoms with Gasteiger partial charge in [0.2, 0.25) is 11.8 Å². The van der Waals surface area contributed by atoms with E-state index in [0.717, 1.165) is 23.3 Å². The van der Waals surface area contributed by atoms with Crippen molar-refractivity contribution in [2.75, 3.05) is 7.11 Å². The number of nitrogens with zero attached hydrogens (tertiary/aromatic N) is 1. The van der Waals surface area contributed by atoms with Crippen LogP contribution in [0.15, 0.2) is 48.5 Å². The smallest absolute Gasteiger partial charge is 0.242 e. The Morgan fingerprint density at radius 3 is 2.27 bits per heavy atom. The molecular formula is C25H34N2O3. The minimum absolute atomic E-state index is 0.0193. The quantitative estimate of drug-likeness (QED) is 0.641. The Morgan fingerprint density at radius 2 is 1.67 bits per heavy atom. The van der Waals surface area contributed by atoms with Crippen LogP contribution in [0.1, 0.15) is 50.8 Å². The van der Waals surface area contributed by atoms with Crippen molar-refractivity contribution in [3.8, 4) is 5.75 Å². The maximum Gasteiger partial charge on any atom is 0.242 e. The molecule has 0 spiro atoms. The molecule has 2 aromatic rings. The fraction of sp³-hybridized carbons (Fsp3) is 0.440. The fourth-order valence-corrected chi connectivity index (χ4v) is 3.29. The molecule has 1 atom stereocenters. The largest absolute Gasteiger partial charge is 0.497 e. The number of hydrogen-bond acceptors (Lipinski definition) is 3. The molecule has 1 N–H and O–H groups in total. The number of aryl methyl sites for hydroxylation is 2. The molecule has 2 aromatic carbocycles. The summed E-state index contributed by atoms with van der Waals surface area (Å²) in [7, 11) is 1.62. The van der Waals surface area contributed by atoms with Gasteiger partial charge in [0.1, 0.15) is 11.8 Å². The second-order valence-electron chi connectivity index (χ2n) is 7.88. The molecule has 30 heavy (non-hydrogen) atoms. The van der Waals surface area contributed by atoms with E-state index in [1.54, 1.807) is 18.9 Å². The van der Waals surface area contributed by atoms with Crippen molar-refractivity contribution in [2.45, 2.75) is 65.6 Å². The van der Waals surface area contributed by atoms with Gasteiger partial charge < -0.3 is 15.0 Å². The van der Waals surface area contributed by atoms with E-state index in [-0.39, 0.29) is 17.9 Å². The second kappa shape index (κ2) is 11.4. The van der Waals surface area contributed by atoms with Crippen molar-refractivity contribution >= 4 is 11.8 Å². The lowest BCUT2D eigenvalue weighted by Gasteiger charge is -2.29. The molecule has 0 saturated carbocycles. The number of carbonyl (C=O) groups is 2. The Labute approximate surface area is 180 Å². The topological polar surface area (TPSA) is 58.6 Å². The average Bonchev–Trinajstić information content (AvgIpc) is 2.75. The molecule has 0 aliphatic heterocycles. The normalized spacial score (nSPS) is 11.8. The third-order valence-corrected chi connectivity index (χ3v) is 5.14. The Morgan fingerprint density at radius 1 is 1.00 bits per heavy atom. The Balaban J connectivity index is 2.15. The van der Waals surface area contributed by atoms with E-state index >= 15 is 0 Å². The fourth-order valence-electron chi connectivity index (χ4n) is 3.29. The third kappa shape index (κ3) is 6.90. The van der Waals surface area contributed by atoms with Crippen LogP contribution < -0.4 is 10.1 Å². The molecular weight excluding hydrogens is 376 g/mol. The van der Waals surface area contributed by atoms with Crippen LogP contribution in [0.25, 0.3) is 0 Å². The molecule has 0 heterocycles. The lowest BCUT2D eigenvalue weighted by Crippen LogP contribution is -2.49. The van der Waals surface area contributed by atoms with Gasteiger partial charge >= 0.3 is 0 Å². The molecule has 2 rings (SSSR count). The zero-order valence-corrected chi connectivity index (χ0v) is 18.8. The molecule has 2 amide bonds. The third-order valence-electron chi connectivity index (χ3n) is 5.14. The SMILES string of the molecule is CCc1ccc(CCC(=O)N(Cc2cccc(OC)c2)[C@@H](C)C(=O)NC(C)C)cc1. The summed E-state index contributed by atoms with van der Waals surface area (Å²) in [6.45, 7) is 8.10. The second-order valence-corrected chi connectivity index (χ2v) is 7.88. The van der Waals surface area contributed by atoms with Gasteiger partial charge in [-0.3, -0.25) is 9.59 Å². The molecule has 0 fully saturated rings. The molecule has 0 bridgehead atoms. The first kappa shape index (κ1) is 23.5. The molecule has 162 valence electrons. The van der Waals surface area contributed by atoms with E-state index in [9.17, 15) is 9.59 Å². The van der Waals surface area contributed by atoms with Crippen LogP contribution in [0.5, 0.6) is 5.75 Å². The van der Waals surface area contributed by atoms with Crippen LogP contribution in [0.2, 0.25) is 0 Å². The first-order valence-electron chi connectivity index (χ1n) is 10.6. The summed E-state index contributed by atoms with van der Waals surface area (Å²) in [6.07, 6.45) is 2.00. The van der Waals surface area contributed by atoms with Gasteiger partial charge in [0.25, 0.3) is 0 Å². The van der Waals surface area contributed by atoms with Gasteiger partial charge in [-0.05, 0) is 62.4 Å². The Hall–Kier alpha value is -2.82. The molecule has 0 saturated heterocycles. The predicted octanol–water partition coefficient (Wildman–Crippen LogP) is 4.13. The zero-order valence-electron chi connectivity index (χ0n) is 18.8. The summed E-state index contributed by atoms with van der Waals surface area (Å²) in [4.78, 5) is 27.4. The minimum atomic E-state index is -0.562. The number of rotatable bonds is 10. The molecule has 0 aliphatic carbocycles. The van der Waals surface area contributed by atoms with Gasteiger partial charge in [0.15, 0.2) is 0 Å². The van der Waals surface area contributed by atoms with Crippen LogP contribution >= 0.6 is 0 Å². The number of hydrogen-bond donors (Lipinski definition) is 1. The zero-order chi connectivity index (χ0) is 22.1. The van der Waals surface area contributed by atoms with Crippen LogP contribution in [0, 0.1) is 0 Å². The first-order valence-corrected chi connectivity index (χ1v) is 10.6. The number of methoxy groups -OCH3 is 1. The van der Waals surface area contributed by atoms with E-state index in [1.807, 2.05) is 38.1 Å². The van der Waals surface area contributed by atoms with E-state index in [0.29, 0.717) is 19.4 Å². The van der Waals surface area contributed by atoms with Crippen molar-refractivity contribution < 1.29 is 14.3 Å². The highest BCUT2D eigenvalue weighted by Crippen LogP contribution is 2.17. The lowest BCUT2D eigenvalue weighted by atomic mass is 10.0. The first-order chi connectivity index (χ1) is 14.3. The lowest BCUT2D eigenvalue weighted by molar-refractivity contribution is -0.140. The minimum Gasteiger partial charge on any atom is -0.497 e. The monoisotopic (exact) mass is 410 g/mol. The van der Waals surface area contributed by atoms with Crippen molar-refractivity contribution in [3.63, 3.8) is 0 Å². The summed E-state index contributed by atoms with van der Waals surface area (Å²) < 4.78 is 5.30. The molecule has 5 nitrogen and oxygen atoms in total. The molecule has 0 aliphatic rings. The number of amides is 2. The maximum atomic E-state index is 13.1. The standard InChI is InChI=1S/C25H34N2O3/c1-6-20-10-12-21(13-11-20)14-15-24(28)27(19(4)25(29)26-18(2)3)17-22-8-7-9-23(16-22)30-5/h7-13,16,18-19H,6,14-15,17H2,1-5H3,(H,26,29)/t19-/m0/s1. The van der Waals surface area contributed by atoms with E-state index < -0.39 is 6.04 Å². The van der Waals surface area contributed by atoms with E-state index in [1.165, 1.54) is 5.56 Å². The van der Waals surface area contributed by atoms with Crippen LogP contribution in [-0.2, 0) is 29.0 Å². The summed E-state index contributed by atoms with van der Waals surface area (Å²) in [6, 6.07) is 15.4. The van der Waals surface area contributed by atoms with Gasteiger partial charge in [-0.25, -0.2) is 0 Å². The van der Waals surface area contributed by atoms with Gasteiger partial charge in [-0.15, -0.1) is 0 Å². The van der Waals surface area contributed by atoms with Gasteiger partial charge in [-0.1, -0.05) is 43.3 Å². The molecule has 0 radical (unpaired) electrons. The number of ether oxygens (including phenoxy) is 1. The van der Waals surface area contributed by atoms with E-state index in [2.05, 4.69) is 36.5 Å². The molecule has 0 aromatic heterocycles. The summed E-state index contributed by atoms with van der Waals surface area (Å²) in [5.41, 5.74) is 3.34. The van der Waals surface area contributed by atoms with Crippen molar-refractivity contribution in [1.29, 1.82) is 0 Å². The number of benzene rings is 2. The highest BCUT2D eigenvalue weighted by Gasteiger charge is 2.26. The maximum absolute atomic E-state index is 13.1. The van der Waals surface area contributed by atoms with Gasteiger partial charge in [0.05, 0.1) is 7.11 Å². The number of carbonyl (C=O) groups excluding carboxylic acids is 2. The molecule has 0 unspecified atom stereocenters. The summed E-state index contributed by atoms with van der Waals surface area (Å²) >= 11 is 0. The Bertz CT molecular complexity index is 831. The number of nitrogens with one attached hydrogen (secondary N) is 1. The van der Waals surface area contributed by atoms with Gasteiger partial charge in [-0.2, -0.15) is 0 Å². The van der Waals surface area contributed by atoms with Gasteiger partial charge in [0, 0.05) is 19.0 Å². The highest BCUT2D eigenvalue weighted by atomic mass is 16.5. The van der Waals surface area contributed by atoms with Crippen molar-refractivity contribution in [1.82, 2.24) is 10.2 Å². The van der Waals surface area contributed by atoms with Crippen molar-refractivity contribution in [2.24, 2.45) is 0 Å². The summed E-state index contributed by atoms with van der Waals surface area (Å²) in [5, 5.41) is 2.92. The average molecular weight is 411 g/mol.